The minimum absolute atomic E-state index is 0.551. The molecule has 0 aromatic heterocycles. The van der Waals surface area contributed by atoms with Crippen molar-refractivity contribution < 1.29 is 81.6 Å². The van der Waals surface area contributed by atoms with E-state index >= 15 is 0 Å². The zero-order valence-corrected chi connectivity index (χ0v) is 23.2. The SMILES string of the molecule is CC(=O)OC[C@H]1O[C@H](O[C@H]2[C@H](OC(C)=O)[C@@H](OC(C)=O)[C@@H](O)O[C@@H]2CO)[C@@H](OC(C)=O)[C@@H](OC(C)=O)[C@@H]1OC(C)=O. The largest absolute Gasteiger partial charge is 0.463 e. The van der Waals surface area contributed by atoms with E-state index in [0.717, 1.165) is 41.5 Å². The normalized spacial score (nSPS) is 33.1. The van der Waals surface area contributed by atoms with Gasteiger partial charge >= 0.3 is 35.8 Å². The van der Waals surface area contributed by atoms with Crippen molar-refractivity contribution in [2.45, 2.75) is 103 Å². The van der Waals surface area contributed by atoms with Crippen molar-refractivity contribution in [1.82, 2.24) is 0 Å². The number of hydrogen-bond donors (Lipinski definition) is 2. The number of ether oxygens (including phenoxy) is 9. The Labute approximate surface area is 234 Å². The predicted octanol–water partition coefficient (Wildman–Crippen LogP) is -1.97. The minimum Gasteiger partial charge on any atom is -0.463 e. The molecule has 0 aromatic carbocycles. The number of aliphatic hydroxyl groups excluding tert-OH is 2. The lowest BCUT2D eigenvalue weighted by atomic mass is 9.96. The van der Waals surface area contributed by atoms with Crippen molar-refractivity contribution in [1.29, 1.82) is 0 Å². The summed E-state index contributed by atoms with van der Waals surface area (Å²) in [7, 11) is 0. The van der Waals surface area contributed by atoms with Gasteiger partial charge in [-0.3, -0.25) is 28.8 Å². The molecule has 0 spiro atoms. The Kier molecular flexibility index (Phi) is 12.4. The van der Waals surface area contributed by atoms with Gasteiger partial charge in [0.15, 0.2) is 43.1 Å². The summed E-state index contributed by atoms with van der Waals surface area (Å²) in [6, 6.07) is 0. The lowest BCUT2D eigenvalue weighted by Crippen LogP contribution is -2.67. The molecule has 0 unspecified atom stereocenters. The molecule has 2 saturated heterocycles. The van der Waals surface area contributed by atoms with Gasteiger partial charge in [-0.2, -0.15) is 0 Å². The van der Waals surface area contributed by atoms with Crippen molar-refractivity contribution in [2.24, 2.45) is 0 Å². The molecule has 232 valence electrons. The third-order valence-corrected chi connectivity index (χ3v) is 5.63. The summed E-state index contributed by atoms with van der Waals surface area (Å²) in [6.45, 7) is 4.85. The Balaban J connectivity index is 2.60. The van der Waals surface area contributed by atoms with E-state index in [1.807, 2.05) is 0 Å². The van der Waals surface area contributed by atoms with Gasteiger partial charge in [0.05, 0.1) is 6.61 Å². The molecule has 17 heteroatoms. The molecular weight excluding hydrogens is 560 g/mol. The molecular formula is C24H34O17. The Morgan fingerprint density at radius 2 is 1.00 bits per heavy atom. The van der Waals surface area contributed by atoms with Crippen LogP contribution in [0.25, 0.3) is 0 Å². The molecule has 0 saturated carbocycles. The first-order valence-electron chi connectivity index (χ1n) is 12.4. The monoisotopic (exact) mass is 594 g/mol. The van der Waals surface area contributed by atoms with Crippen LogP contribution in [0.4, 0.5) is 0 Å². The maximum absolute atomic E-state index is 12.1. The first kappa shape index (κ1) is 33.8. The van der Waals surface area contributed by atoms with Gasteiger partial charge in [0, 0.05) is 41.5 Å². The summed E-state index contributed by atoms with van der Waals surface area (Å²) in [6.07, 6.45) is -16.0. The lowest BCUT2D eigenvalue weighted by molar-refractivity contribution is -0.357. The van der Waals surface area contributed by atoms with Crippen LogP contribution in [0.3, 0.4) is 0 Å². The molecule has 0 radical (unpaired) electrons. The van der Waals surface area contributed by atoms with Crippen molar-refractivity contribution >= 4 is 35.8 Å². The van der Waals surface area contributed by atoms with Crippen LogP contribution in [0.1, 0.15) is 41.5 Å². The second-order valence-corrected chi connectivity index (χ2v) is 9.06. The Hall–Kier alpha value is -3.38. The van der Waals surface area contributed by atoms with Crippen LogP contribution in [0.15, 0.2) is 0 Å². The summed E-state index contributed by atoms with van der Waals surface area (Å²) in [4.78, 5) is 71.2. The highest BCUT2D eigenvalue weighted by molar-refractivity contribution is 5.69. The predicted molar refractivity (Wildman–Crippen MR) is 126 cm³/mol. The van der Waals surface area contributed by atoms with Crippen LogP contribution >= 0.6 is 0 Å². The fourth-order valence-corrected chi connectivity index (χ4v) is 4.30. The molecule has 2 fully saturated rings. The average molecular weight is 595 g/mol. The van der Waals surface area contributed by atoms with Gasteiger partial charge in [-0.05, 0) is 0 Å². The van der Waals surface area contributed by atoms with Gasteiger partial charge in [-0.15, -0.1) is 0 Å². The van der Waals surface area contributed by atoms with Crippen molar-refractivity contribution in [3.63, 3.8) is 0 Å². The fraction of sp³-hybridized carbons (Fsp3) is 0.750. The minimum atomic E-state index is -1.87. The highest BCUT2D eigenvalue weighted by Gasteiger charge is 2.57. The summed E-state index contributed by atoms with van der Waals surface area (Å²) in [5.41, 5.74) is 0. The summed E-state index contributed by atoms with van der Waals surface area (Å²) in [5, 5.41) is 20.4. The molecule has 2 rings (SSSR count). The second kappa shape index (κ2) is 15.0. The van der Waals surface area contributed by atoms with Crippen LogP contribution in [0, 0.1) is 0 Å². The quantitative estimate of drug-likeness (QED) is 0.206. The smallest absolute Gasteiger partial charge is 0.303 e. The van der Waals surface area contributed by atoms with E-state index in [2.05, 4.69) is 0 Å². The van der Waals surface area contributed by atoms with Gasteiger partial charge in [0.2, 0.25) is 0 Å². The van der Waals surface area contributed by atoms with Gasteiger partial charge < -0.3 is 52.8 Å². The maximum Gasteiger partial charge on any atom is 0.303 e. The zero-order chi connectivity index (χ0) is 31.0. The third-order valence-electron chi connectivity index (χ3n) is 5.63. The number of hydrogen-bond acceptors (Lipinski definition) is 17. The van der Waals surface area contributed by atoms with Gasteiger partial charge in [-0.1, -0.05) is 0 Å². The van der Waals surface area contributed by atoms with Crippen LogP contribution in [0.2, 0.25) is 0 Å². The molecule has 17 nitrogen and oxygen atoms in total. The summed E-state index contributed by atoms with van der Waals surface area (Å²) in [5.74, 6) is -5.17. The van der Waals surface area contributed by atoms with E-state index < -0.39 is 110 Å². The van der Waals surface area contributed by atoms with Crippen molar-refractivity contribution in [3.8, 4) is 0 Å². The first-order chi connectivity index (χ1) is 19.1. The second-order valence-electron chi connectivity index (χ2n) is 9.06. The molecule has 2 aliphatic heterocycles. The van der Waals surface area contributed by atoms with Crippen molar-refractivity contribution in [2.75, 3.05) is 13.2 Å². The number of aliphatic hydroxyl groups is 2. The Morgan fingerprint density at radius 1 is 0.561 bits per heavy atom. The van der Waals surface area contributed by atoms with Gasteiger partial charge in [-0.25, -0.2) is 0 Å². The molecule has 0 amide bonds. The van der Waals surface area contributed by atoms with E-state index in [4.69, 9.17) is 42.6 Å². The van der Waals surface area contributed by atoms with Crippen LogP contribution in [0.5, 0.6) is 0 Å². The van der Waals surface area contributed by atoms with Crippen molar-refractivity contribution in [3.05, 3.63) is 0 Å². The van der Waals surface area contributed by atoms with Crippen LogP contribution in [-0.4, -0.2) is 121 Å². The summed E-state index contributed by atoms with van der Waals surface area (Å²) >= 11 is 0. The molecule has 2 N–H and O–H groups in total. The van der Waals surface area contributed by atoms with Crippen LogP contribution < -0.4 is 0 Å². The lowest BCUT2D eigenvalue weighted by Gasteiger charge is -2.48. The standard InChI is InChI=1S/C24H34O17/c1-9(26)33-8-16-18(34-10(2)27)20(36-12(4)29)22(38-14(6)31)24(40-16)41-17-15(7-25)39-23(32)21(37-13(5)30)19(17)35-11(3)28/h15-25,32H,7-8H2,1-6H3/t15-,16-,17-,18-,19+,20+,21-,22+,23+,24-/m1/s1. The average Bonchev–Trinajstić information content (AvgIpc) is 2.83. The van der Waals surface area contributed by atoms with Gasteiger partial charge in [0.25, 0.3) is 0 Å². The summed E-state index contributed by atoms with van der Waals surface area (Å²) < 4.78 is 48.5. The van der Waals surface area contributed by atoms with E-state index in [1.54, 1.807) is 0 Å². The topological polar surface area (TPSA) is 226 Å². The molecule has 10 atom stereocenters. The number of rotatable bonds is 10. The highest BCUT2D eigenvalue weighted by atomic mass is 16.8. The fourth-order valence-electron chi connectivity index (χ4n) is 4.30. The maximum atomic E-state index is 12.1. The van der Waals surface area contributed by atoms with E-state index in [0.29, 0.717) is 0 Å². The molecule has 0 aliphatic carbocycles. The van der Waals surface area contributed by atoms with E-state index in [1.165, 1.54) is 0 Å². The number of carbonyl (C=O) groups is 6. The Bertz CT molecular complexity index is 981. The Morgan fingerprint density at radius 3 is 1.46 bits per heavy atom. The molecule has 0 bridgehead atoms. The molecule has 2 aliphatic rings. The van der Waals surface area contributed by atoms with Crippen LogP contribution in [-0.2, 0) is 71.4 Å². The molecule has 2 heterocycles. The van der Waals surface area contributed by atoms with E-state index in [9.17, 15) is 39.0 Å². The zero-order valence-electron chi connectivity index (χ0n) is 23.2. The van der Waals surface area contributed by atoms with E-state index in [-0.39, 0.29) is 0 Å². The third kappa shape index (κ3) is 9.60. The first-order valence-corrected chi connectivity index (χ1v) is 12.4. The molecule has 0 aromatic rings. The molecule has 41 heavy (non-hydrogen) atoms. The van der Waals surface area contributed by atoms with Gasteiger partial charge in [0.1, 0.15) is 24.9 Å². The highest BCUT2D eigenvalue weighted by Crippen LogP contribution is 2.34. The number of esters is 6. The number of carbonyl (C=O) groups excluding carboxylic acids is 6.